The number of carbonyl (C=O) groups is 2. The van der Waals surface area contributed by atoms with Gasteiger partial charge in [0, 0.05) is 17.9 Å². The minimum absolute atomic E-state index is 0.0116. The van der Waals surface area contributed by atoms with Crippen LogP contribution in [0.1, 0.15) is 78.6 Å². The highest BCUT2D eigenvalue weighted by atomic mass is 16.5. The van der Waals surface area contributed by atoms with Gasteiger partial charge in [-0.3, -0.25) is 4.79 Å². The second kappa shape index (κ2) is 15.1. The van der Waals surface area contributed by atoms with Crippen LogP contribution in [-0.4, -0.2) is 25.2 Å². The summed E-state index contributed by atoms with van der Waals surface area (Å²) in [7, 11) is 0. The normalized spacial score (nSPS) is 19.0. The summed E-state index contributed by atoms with van der Waals surface area (Å²) in [6, 6.07) is 0. The molecule has 4 nitrogen and oxygen atoms in total. The molecule has 4 heteroatoms. The summed E-state index contributed by atoms with van der Waals surface area (Å²) in [6.45, 7) is 9.82. The zero-order chi connectivity index (χ0) is 21.5. The molecule has 29 heavy (non-hydrogen) atoms. The molecule has 0 amide bonds. The van der Waals surface area contributed by atoms with Gasteiger partial charge in [-0.05, 0) is 38.0 Å². The highest BCUT2D eigenvalue weighted by Crippen LogP contribution is 2.28. The third-order valence-corrected chi connectivity index (χ3v) is 5.29. The maximum Gasteiger partial charge on any atom is 0.333 e. The lowest BCUT2D eigenvalue weighted by Crippen LogP contribution is -2.18. The molecule has 1 rings (SSSR count). The van der Waals surface area contributed by atoms with Crippen LogP contribution in [0.2, 0.25) is 0 Å². The van der Waals surface area contributed by atoms with Crippen molar-refractivity contribution in [3.05, 3.63) is 36.5 Å². The molecule has 0 bridgehead atoms. The predicted octanol–water partition coefficient (Wildman–Crippen LogP) is 6.17. The summed E-state index contributed by atoms with van der Waals surface area (Å²) in [5.74, 6) is 0.838. The molecule has 0 saturated heterocycles. The fourth-order valence-corrected chi connectivity index (χ4v) is 3.53. The SMILES string of the molecule is C=C(C)C(=O)OCC(C)COC(=O)CCCCCCCC1C=CC=CC1CCC. The van der Waals surface area contributed by atoms with E-state index in [1.165, 1.54) is 38.5 Å². The van der Waals surface area contributed by atoms with E-state index in [1.54, 1.807) is 6.92 Å². The van der Waals surface area contributed by atoms with Crippen molar-refractivity contribution in [2.75, 3.05) is 13.2 Å². The third-order valence-electron chi connectivity index (χ3n) is 5.29. The highest BCUT2D eigenvalue weighted by molar-refractivity contribution is 5.86. The van der Waals surface area contributed by atoms with Crippen LogP contribution in [0.3, 0.4) is 0 Å². The van der Waals surface area contributed by atoms with Crippen LogP contribution < -0.4 is 0 Å². The van der Waals surface area contributed by atoms with Gasteiger partial charge in [0.05, 0.1) is 13.2 Å². The van der Waals surface area contributed by atoms with Crippen molar-refractivity contribution in [2.24, 2.45) is 17.8 Å². The first-order chi connectivity index (χ1) is 13.9. The summed E-state index contributed by atoms with van der Waals surface area (Å²) in [5, 5.41) is 0. The Labute approximate surface area is 177 Å². The first-order valence-corrected chi connectivity index (χ1v) is 11.3. The molecule has 0 heterocycles. The Morgan fingerprint density at radius 1 is 0.931 bits per heavy atom. The van der Waals surface area contributed by atoms with Gasteiger partial charge in [0.15, 0.2) is 0 Å². The molecule has 0 N–H and O–H groups in total. The quantitative estimate of drug-likeness (QED) is 0.186. The van der Waals surface area contributed by atoms with E-state index in [4.69, 9.17) is 9.47 Å². The Hall–Kier alpha value is -1.84. The van der Waals surface area contributed by atoms with Crippen molar-refractivity contribution in [1.82, 2.24) is 0 Å². The van der Waals surface area contributed by atoms with Crippen LogP contribution in [0.15, 0.2) is 36.5 Å². The lowest BCUT2D eigenvalue weighted by atomic mass is 9.82. The molecule has 0 spiro atoms. The van der Waals surface area contributed by atoms with Crippen LogP contribution >= 0.6 is 0 Å². The second-order valence-electron chi connectivity index (χ2n) is 8.36. The molecule has 0 radical (unpaired) electrons. The Balaban J connectivity index is 2.01. The van der Waals surface area contributed by atoms with Crippen LogP contribution in [0.25, 0.3) is 0 Å². The first-order valence-electron chi connectivity index (χ1n) is 11.3. The molecule has 3 atom stereocenters. The number of unbranched alkanes of at least 4 members (excludes halogenated alkanes) is 4. The van der Waals surface area contributed by atoms with Gasteiger partial charge in [-0.15, -0.1) is 0 Å². The van der Waals surface area contributed by atoms with Gasteiger partial charge < -0.3 is 9.47 Å². The molecule has 1 aliphatic carbocycles. The summed E-state index contributed by atoms with van der Waals surface area (Å²) in [6.07, 6.45) is 19.0. The average Bonchev–Trinajstić information content (AvgIpc) is 2.70. The number of allylic oxidation sites excluding steroid dienone is 4. The van der Waals surface area contributed by atoms with E-state index in [1.807, 2.05) is 6.92 Å². The van der Waals surface area contributed by atoms with E-state index in [0.717, 1.165) is 12.8 Å². The van der Waals surface area contributed by atoms with Gasteiger partial charge in [-0.25, -0.2) is 4.79 Å². The van der Waals surface area contributed by atoms with Crippen molar-refractivity contribution in [3.8, 4) is 0 Å². The largest absolute Gasteiger partial charge is 0.465 e. The van der Waals surface area contributed by atoms with Crippen LogP contribution in [0, 0.1) is 17.8 Å². The Morgan fingerprint density at radius 2 is 1.52 bits per heavy atom. The average molecular weight is 405 g/mol. The maximum absolute atomic E-state index is 11.8. The maximum atomic E-state index is 11.8. The lowest BCUT2D eigenvalue weighted by molar-refractivity contribution is -0.147. The molecular formula is C25H40O4. The summed E-state index contributed by atoms with van der Waals surface area (Å²) < 4.78 is 10.3. The molecule has 0 saturated carbocycles. The van der Waals surface area contributed by atoms with Gasteiger partial charge in [0.2, 0.25) is 0 Å². The monoisotopic (exact) mass is 404 g/mol. The molecule has 1 aliphatic rings. The standard InChI is InChI=1S/C25H40O4/c1-5-13-22-15-11-12-16-23(22)14-9-7-6-8-10-17-24(26)28-18-21(4)19-29-25(27)20(2)3/h11-12,15-16,21-23H,2,5-10,13-14,17-19H2,1,3-4H3. The number of esters is 2. The minimum Gasteiger partial charge on any atom is -0.465 e. The van der Waals surface area contributed by atoms with Gasteiger partial charge >= 0.3 is 11.9 Å². The molecule has 0 aromatic heterocycles. The smallest absolute Gasteiger partial charge is 0.333 e. The fraction of sp³-hybridized carbons (Fsp3) is 0.680. The molecule has 0 aliphatic heterocycles. The van der Waals surface area contributed by atoms with Crippen molar-refractivity contribution in [2.45, 2.75) is 78.6 Å². The first kappa shape index (κ1) is 25.2. The van der Waals surface area contributed by atoms with E-state index in [2.05, 4.69) is 37.8 Å². The Morgan fingerprint density at radius 3 is 2.17 bits per heavy atom. The lowest BCUT2D eigenvalue weighted by Gasteiger charge is -2.23. The molecule has 3 unspecified atom stereocenters. The Bertz CT molecular complexity index is 561. The van der Waals surface area contributed by atoms with E-state index in [9.17, 15) is 9.59 Å². The zero-order valence-electron chi connectivity index (χ0n) is 18.7. The zero-order valence-corrected chi connectivity index (χ0v) is 18.7. The topological polar surface area (TPSA) is 52.6 Å². The van der Waals surface area contributed by atoms with Crippen LogP contribution in [0.4, 0.5) is 0 Å². The second-order valence-corrected chi connectivity index (χ2v) is 8.36. The summed E-state index contributed by atoms with van der Waals surface area (Å²) in [4.78, 5) is 23.2. The van der Waals surface area contributed by atoms with E-state index in [0.29, 0.717) is 23.8 Å². The molecule has 0 fully saturated rings. The van der Waals surface area contributed by atoms with Crippen molar-refractivity contribution >= 4 is 11.9 Å². The molecule has 0 aromatic carbocycles. The van der Waals surface area contributed by atoms with Gasteiger partial charge in [0.25, 0.3) is 0 Å². The highest BCUT2D eigenvalue weighted by Gasteiger charge is 2.17. The van der Waals surface area contributed by atoms with Gasteiger partial charge in [-0.2, -0.15) is 0 Å². The third kappa shape index (κ3) is 11.7. The number of rotatable bonds is 15. The number of hydrogen-bond donors (Lipinski definition) is 0. The van der Waals surface area contributed by atoms with E-state index in [-0.39, 0.29) is 25.1 Å². The number of carbonyl (C=O) groups excluding carboxylic acids is 2. The van der Waals surface area contributed by atoms with Crippen LogP contribution in [-0.2, 0) is 19.1 Å². The minimum atomic E-state index is -0.403. The number of hydrogen-bond acceptors (Lipinski definition) is 4. The fourth-order valence-electron chi connectivity index (χ4n) is 3.53. The van der Waals surface area contributed by atoms with Gasteiger partial charge in [-0.1, -0.05) is 76.8 Å². The summed E-state index contributed by atoms with van der Waals surface area (Å²) in [5.41, 5.74) is 0.377. The van der Waals surface area contributed by atoms with Crippen LogP contribution in [0.5, 0.6) is 0 Å². The van der Waals surface area contributed by atoms with Gasteiger partial charge in [0.1, 0.15) is 0 Å². The number of ether oxygens (including phenoxy) is 2. The predicted molar refractivity (Wildman–Crippen MR) is 118 cm³/mol. The molecule has 0 aromatic rings. The van der Waals surface area contributed by atoms with Crippen molar-refractivity contribution in [1.29, 1.82) is 0 Å². The molecular weight excluding hydrogens is 364 g/mol. The van der Waals surface area contributed by atoms with Crippen molar-refractivity contribution in [3.63, 3.8) is 0 Å². The Kier molecular flexibility index (Phi) is 13.1. The van der Waals surface area contributed by atoms with Crippen molar-refractivity contribution < 1.29 is 19.1 Å². The van der Waals surface area contributed by atoms with E-state index >= 15 is 0 Å². The van der Waals surface area contributed by atoms with E-state index < -0.39 is 5.97 Å². The molecule has 164 valence electrons. The summed E-state index contributed by atoms with van der Waals surface area (Å²) >= 11 is 0.